The topological polar surface area (TPSA) is 53.2 Å². The van der Waals surface area contributed by atoms with Gasteiger partial charge in [-0.1, -0.05) is 31.5 Å². The van der Waals surface area contributed by atoms with Gasteiger partial charge in [0.05, 0.1) is 5.75 Å². The SMILES string of the molecule is CCCCc1ccc(NC(=S)NNC(=O)CSCc2cccs2)cc1. The van der Waals surface area contributed by atoms with E-state index in [1.807, 2.05) is 23.6 Å². The van der Waals surface area contributed by atoms with E-state index in [1.165, 1.54) is 23.3 Å². The first-order chi connectivity index (χ1) is 12.2. The second-order valence-electron chi connectivity index (χ2n) is 5.50. The fourth-order valence-electron chi connectivity index (χ4n) is 2.10. The van der Waals surface area contributed by atoms with Crippen LogP contribution in [0.25, 0.3) is 0 Å². The van der Waals surface area contributed by atoms with Crippen molar-refractivity contribution in [1.82, 2.24) is 10.9 Å². The van der Waals surface area contributed by atoms with E-state index >= 15 is 0 Å². The van der Waals surface area contributed by atoms with Crippen molar-refractivity contribution in [2.75, 3.05) is 11.1 Å². The summed E-state index contributed by atoms with van der Waals surface area (Å²) in [5.41, 5.74) is 7.57. The Morgan fingerprint density at radius 1 is 1.20 bits per heavy atom. The van der Waals surface area contributed by atoms with Crippen LogP contribution >= 0.6 is 35.3 Å². The third-order valence-electron chi connectivity index (χ3n) is 3.40. The Kier molecular flexibility index (Phi) is 8.79. The smallest absolute Gasteiger partial charge is 0.248 e. The summed E-state index contributed by atoms with van der Waals surface area (Å²) in [4.78, 5) is 13.1. The van der Waals surface area contributed by atoms with Gasteiger partial charge in [-0.05, 0) is 54.2 Å². The Morgan fingerprint density at radius 3 is 2.68 bits per heavy atom. The van der Waals surface area contributed by atoms with Crippen LogP contribution in [-0.4, -0.2) is 16.8 Å². The Bertz CT molecular complexity index is 657. The molecule has 0 fully saturated rings. The molecule has 0 aliphatic heterocycles. The second kappa shape index (κ2) is 11.1. The molecule has 0 saturated heterocycles. The number of nitrogens with one attached hydrogen (secondary N) is 3. The lowest BCUT2D eigenvalue weighted by Crippen LogP contribution is -2.44. The predicted octanol–water partition coefficient (Wildman–Crippen LogP) is 4.34. The van der Waals surface area contributed by atoms with Gasteiger partial charge in [-0.25, -0.2) is 0 Å². The number of carbonyl (C=O) groups is 1. The molecule has 0 bridgehead atoms. The summed E-state index contributed by atoms with van der Waals surface area (Å²) in [6, 6.07) is 12.3. The fraction of sp³-hybridized carbons (Fsp3) is 0.333. The minimum Gasteiger partial charge on any atom is -0.331 e. The molecule has 3 N–H and O–H groups in total. The number of thioether (sulfide) groups is 1. The van der Waals surface area contributed by atoms with Crippen LogP contribution in [0.3, 0.4) is 0 Å². The highest BCUT2D eigenvalue weighted by Crippen LogP contribution is 2.16. The van der Waals surface area contributed by atoms with Crippen LogP contribution in [0.15, 0.2) is 41.8 Å². The lowest BCUT2D eigenvalue weighted by molar-refractivity contribution is -0.119. The maximum atomic E-state index is 11.8. The van der Waals surface area contributed by atoms with Gasteiger partial charge in [0.15, 0.2) is 5.11 Å². The fourth-order valence-corrected chi connectivity index (χ4v) is 3.94. The van der Waals surface area contributed by atoms with Gasteiger partial charge in [-0.2, -0.15) is 0 Å². The van der Waals surface area contributed by atoms with E-state index < -0.39 is 0 Å². The zero-order chi connectivity index (χ0) is 17.9. The third-order valence-corrected chi connectivity index (χ3v) is 5.65. The highest BCUT2D eigenvalue weighted by molar-refractivity contribution is 7.99. The summed E-state index contributed by atoms with van der Waals surface area (Å²) < 4.78 is 0. The number of carbonyl (C=O) groups excluding carboxylic acids is 1. The number of benzene rings is 1. The van der Waals surface area contributed by atoms with Gasteiger partial charge in [0, 0.05) is 16.3 Å². The molecular formula is C18H23N3OS3. The van der Waals surface area contributed by atoms with E-state index in [4.69, 9.17) is 12.2 Å². The Balaban J connectivity index is 1.63. The van der Waals surface area contributed by atoms with Crippen molar-refractivity contribution < 1.29 is 4.79 Å². The van der Waals surface area contributed by atoms with E-state index in [1.54, 1.807) is 23.1 Å². The van der Waals surface area contributed by atoms with Gasteiger partial charge < -0.3 is 5.32 Å². The minimum atomic E-state index is -0.0966. The van der Waals surface area contributed by atoms with E-state index in [0.717, 1.165) is 17.9 Å². The number of rotatable bonds is 8. The maximum absolute atomic E-state index is 11.8. The summed E-state index contributed by atoms with van der Waals surface area (Å²) in [6.45, 7) is 2.19. The number of unbranched alkanes of at least 4 members (excludes halogenated alkanes) is 1. The molecular weight excluding hydrogens is 370 g/mol. The molecule has 2 rings (SSSR count). The molecule has 0 saturated carbocycles. The number of amides is 1. The standard InChI is InChI=1S/C18H23N3OS3/c1-2-3-5-14-7-9-15(10-8-14)19-18(23)21-20-17(22)13-24-12-16-6-4-11-25-16/h4,6-11H,2-3,5,12-13H2,1H3,(H,20,22)(H2,19,21,23). The molecule has 0 atom stereocenters. The molecule has 134 valence electrons. The number of aryl methyl sites for hydroxylation is 1. The van der Waals surface area contributed by atoms with E-state index in [-0.39, 0.29) is 5.91 Å². The van der Waals surface area contributed by atoms with Gasteiger partial charge in [-0.15, -0.1) is 23.1 Å². The van der Waals surface area contributed by atoms with E-state index in [0.29, 0.717) is 10.9 Å². The molecule has 7 heteroatoms. The van der Waals surface area contributed by atoms with Gasteiger partial charge in [-0.3, -0.25) is 15.6 Å². The highest BCUT2D eigenvalue weighted by atomic mass is 32.2. The first-order valence-electron chi connectivity index (χ1n) is 8.22. The number of hydrogen-bond acceptors (Lipinski definition) is 4. The van der Waals surface area contributed by atoms with E-state index in [2.05, 4.69) is 41.3 Å². The molecule has 0 aliphatic carbocycles. The lowest BCUT2D eigenvalue weighted by atomic mass is 10.1. The first kappa shape index (κ1) is 19.8. The molecule has 1 amide bonds. The van der Waals surface area contributed by atoms with Gasteiger partial charge in [0.1, 0.15) is 0 Å². The largest absolute Gasteiger partial charge is 0.331 e. The Morgan fingerprint density at radius 2 is 2.00 bits per heavy atom. The summed E-state index contributed by atoms with van der Waals surface area (Å²) in [5, 5.41) is 5.47. The predicted molar refractivity (Wildman–Crippen MR) is 113 cm³/mol. The summed E-state index contributed by atoms with van der Waals surface area (Å²) >= 11 is 8.47. The normalized spacial score (nSPS) is 10.3. The molecule has 4 nitrogen and oxygen atoms in total. The second-order valence-corrected chi connectivity index (χ2v) is 7.93. The van der Waals surface area contributed by atoms with Crippen LogP contribution < -0.4 is 16.2 Å². The summed E-state index contributed by atoms with van der Waals surface area (Å²) in [5.74, 6) is 1.14. The number of anilines is 1. The van der Waals surface area contributed by atoms with Crippen molar-refractivity contribution in [3.63, 3.8) is 0 Å². The minimum absolute atomic E-state index is 0.0966. The molecule has 0 spiro atoms. The number of thiocarbonyl (C=S) groups is 1. The number of hydrogen-bond donors (Lipinski definition) is 3. The van der Waals surface area contributed by atoms with Crippen LogP contribution in [0, 0.1) is 0 Å². The van der Waals surface area contributed by atoms with Gasteiger partial charge >= 0.3 is 0 Å². The average Bonchev–Trinajstić information content (AvgIpc) is 3.13. The molecule has 2 aromatic rings. The molecule has 1 aromatic heterocycles. The molecule has 1 heterocycles. The van der Waals surface area contributed by atoms with Crippen molar-refractivity contribution >= 4 is 52.0 Å². The molecule has 0 aliphatic rings. The maximum Gasteiger partial charge on any atom is 0.248 e. The highest BCUT2D eigenvalue weighted by Gasteiger charge is 2.04. The molecule has 25 heavy (non-hydrogen) atoms. The van der Waals surface area contributed by atoms with Crippen LogP contribution in [0.5, 0.6) is 0 Å². The average molecular weight is 394 g/mol. The van der Waals surface area contributed by atoms with Crippen LogP contribution in [0.2, 0.25) is 0 Å². The van der Waals surface area contributed by atoms with Crippen molar-refractivity contribution in [3.05, 3.63) is 52.2 Å². The van der Waals surface area contributed by atoms with Crippen molar-refractivity contribution in [1.29, 1.82) is 0 Å². The van der Waals surface area contributed by atoms with Crippen LogP contribution in [0.4, 0.5) is 5.69 Å². The monoisotopic (exact) mass is 393 g/mol. The van der Waals surface area contributed by atoms with E-state index in [9.17, 15) is 4.79 Å². The number of thiophene rings is 1. The quantitative estimate of drug-likeness (QED) is 0.460. The number of hydrazine groups is 1. The Labute approximate surface area is 162 Å². The van der Waals surface area contributed by atoms with Crippen LogP contribution in [0.1, 0.15) is 30.2 Å². The molecule has 0 radical (unpaired) electrons. The van der Waals surface area contributed by atoms with Crippen molar-refractivity contribution in [2.45, 2.75) is 31.9 Å². The molecule has 0 unspecified atom stereocenters. The first-order valence-corrected chi connectivity index (χ1v) is 10.7. The van der Waals surface area contributed by atoms with Crippen molar-refractivity contribution in [2.24, 2.45) is 0 Å². The van der Waals surface area contributed by atoms with Gasteiger partial charge in [0.2, 0.25) is 5.91 Å². The van der Waals surface area contributed by atoms with Crippen molar-refractivity contribution in [3.8, 4) is 0 Å². The zero-order valence-corrected chi connectivity index (χ0v) is 16.7. The zero-order valence-electron chi connectivity index (χ0n) is 14.2. The summed E-state index contributed by atoms with van der Waals surface area (Å²) in [6.07, 6.45) is 3.49. The molecule has 1 aromatic carbocycles. The van der Waals surface area contributed by atoms with Crippen LogP contribution in [-0.2, 0) is 17.0 Å². The summed E-state index contributed by atoms with van der Waals surface area (Å²) in [7, 11) is 0. The third kappa shape index (κ3) is 7.90. The Hall–Kier alpha value is -1.57. The lowest BCUT2D eigenvalue weighted by Gasteiger charge is -2.12. The van der Waals surface area contributed by atoms with Gasteiger partial charge in [0.25, 0.3) is 0 Å².